The predicted molar refractivity (Wildman–Crippen MR) is 79.5 cm³/mol. The van der Waals surface area contributed by atoms with Crippen LogP contribution in [0.3, 0.4) is 0 Å². The average Bonchev–Trinajstić information content (AvgIpc) is 2.94. The second-order valence-electron chi connectivity index (χ2n) is 4.21. The molecule has 6 nitrogen and oxygen atoms in total. The number of carbonyl (C=O) groups is 2. The lowest BCUT2D eigenvalue weighted by molar-refractivity contribution is -0.144. The minimum Gasteiger partial charge on any atom is -0.459 e. The molecule has 0 spiro atoms. The minimum absolute atomic E-state index is 0.0820. The van der Waals surface area contributed by atoms with Gasteiger partial charge in [-0.05, 0) is 0 Å². The largest absolute Gasteiger partial charge is 0.459 e. The predicted octanol–water partition coefficient (Wildman–Crippen LogP) is 1.91. The van der Waals surface area contributed by atoms with Crippen LogP contribution in [0.1, 0.15) is 12.1 Å². The number of carbonyl (C=O) groups excluding carboxylic acids is 2. The summed E-state index contributed by atoms with van der Waals surface area (Å²) in [5.74, 6) is -0.405. The van der Waals surface area contributed by atoms with E-state index in [9.17, 15) is 9.59 Å². The summed E-state index contributed by atoms with van der Waals surface area (Å²) in [4.78, 5) is 26.3. The van der Waals surface area contributed by atoms with Gasteiger partial charge in [0.1, 0.15) is 11.6 Å². The highest BCUT2D eigenvalue weighted by Gasteiger charge is 2.08. The van der Waals surface area contributed by atoms with Gasteiger partial charge in [-0.1, -0.05) is 30.3 Å². The fraction of sp³-hybridized carbons (Fsp3) is 0.214. The van der Waals surface area contributed by atoms with Gasteiger partial charge < -0.3 is 15.8 Å². The number of hydrogen-bond acceptors (Lipinski definition) is 5. The lowest BCUT2D eigenvalue weighted by Crippen LogP contribution is -2.31. The van der Waals surface area contributed by atoms with Gasteiger partial charge in [-0.2, -0.15) is 0 Å². The maximum absolute atomic E-state index is 11.4. The lowest BCUT2D eigenvalue weighted by atomic mass is 10.2. The molecule has 3 N–H and O–H groups in total. The maximum atomic E-state index is 11.4. The summed E-state index contributed by atoms with van der Waals surface area (Å²) in [6.45, 7) is 0.291. The maximum Gasteiger partial charge on any atom is 0.312 e. The molecule has 0 bridgehead atoms. The number of benzene rings is 1. The number of thiazole rings is 1. The Balaban J connectivity index is 1.80. The van der Waals surface area contributed by atoms with Gasteiger partial charge in [-0.3, -0.25) is 4.79 Å². The summed E-state index contributed by atoms with van der Waals surface area (Å²) in [6, 6.07) is 9.13. The van der Waals surface area contributed by atoms with Crippen molar-refractivity contribution in [1.29, 1.82) is 0 Å². The third-order valence-electron chi connectivity index (χ3n) is 2.58. The SMILES string of the molecule is NC(=O)NCCC(=O)OCc1csc(-c2ccccc2)n1. The van der Waals surface area contributed by atoms with Crippen LogP contribution in [-0.2, 0) is 16.1 Å². The van der Waals surface area contributed by atoms with Crippen molar-refractivity contribution in [2.24, 2.45) is 5.73 Å². The fourth-order valence-electron chi connectivity index (χ4n) is 1.60. The highest BCUT2D eigenvalue weighted by Crippen LogP contribution is 2.23. The van der Waals surface area contributed by atoms with Crippen LogP contribution in [-0.4, -0.2) is 23.5 Å². The number of rotatable bonds is 6. The molecule has 0 saturated carbocycles. The molecule has 0 radical (unpaired) electrons. The number of nitrogens with one attached hydrogen (secondary N) is 1. The number of amides is 2. The van der Waals surface area contributed by atoms with Gasteiger partial charge in [0.2, 0.25) is 0 Å². The van der Waals surface area contributed by atoms with Gasteiger partial charge in [-0.15, -0.1) is 11.3 Å². The average molecular weight is 305 g/mol. The molecule has 2 rings (SSSR count). The van der Waals surface area contributed by atoms with Crippen LogP contribution < -0.4 is 11.1 Å². The molecule has 1 aromatic heterocycles. The molecule has 0 saturated heterocycles. The van der Waals surface area contributed by atoms with Crippen LogP contribution in [0.25, 0.3) is 10.6 Å². The highest BCUT2D eigenvalue weighted by molar-refractivity contribution is 7.13. The molecule has 2 amide bonds. The summed E-state index contributed by atoms with van der Waals surface area (Å²) in [5.41, 5.74) is 6.63. The Bertz CT molecular complexity index is 613. The number of ether oxygens (including phenoxy) is 1. The number of nitrogens with two attached hydrogens (primary N) is 1. The lowest BCUT2D eigenvalue weighted by Gasteiger charge is -2.03. The van der Waals surface area contributed by atoms with Gasteiger partial charge in [0, 0.05) is 17.5 Å². The van der Waals surface area contributed by atoms with E-state index in [1.807, 2.05) is 35.7 Å². The Morgan fingerprint density at radius 3 is 2.76 bits per heavy atom. The molecule has 0 aliphatic heterocycles. The minimum atomic E-state index is -0.658. The van der Waals surface area contributed by atoms with Crippen molar-refractivity contribution in [3.05, 3.63) is 41.4 Å². The van der Waals surface area contributed by atoms with E-state index >= 15 is 0 Å². The number of hydrogen-bond donors (Lipinski definition) is 2. The van der Waals surface area contributed by atoms with Gasteiger partial charge in [0.25, 0.3) is 0 Å². The van der Waals surface area contributed by atoms with Crippen LogP contribution in [0, 0.1) is 0 Å². The molecule has 0 unspecified atom stereocenters. The summed E-state index contributed by atoms with van der Waals surface area (Å²) >= 11 is 1.50. The number of urea groups is 1. The van der Waals surface area contributed by atoms with E-state index in [1.165, 1.54) is 11.3 Å². The van der Waals surface area contributed by atoms with Gasteiger partial charge in [0.15, 0.2) is 0 Å². The Morgan fingerprint density at radius 2 is 2.05 bits per heavy atom. The van der Waals surface area contributed by atoms with Crippen molar-refractivity contribution in [2.75, 3.05) is 6.54 Å². The van der Waals surface area contributed by atoms with E-state index in [4.69, 9.17) is 10.5 Å². The molecule has 21 heavy (non-hydrogen) atoms. The first kappa shape index (κ1) is 15.0. The summed E-state index contributed by atoms with van der Waals surface area (Å²) in [6.07, 6.45) is 0.0820. The van der Waals surface area contributed by atoms with Crippen LogP contribution >= 0.6 is 11.3 Å². The van der Waals surface area contributed by atoms with Crippen molar-refractivity contribution in [3.63, 3.8) is 0 Å². The van der Waals surface area contributed by atoms with Crippen molar-refractivity contribution in [2.45, 2.75) is 13.0 Å². The molecule has 1 aromatic carbocycles. The van der Waals surface area contributed by atoms with Gasteiger partial charge in [-0.25, -0.2) is 9.78 Å². The van der Waals surface area contributed by atoms with E-state index < -0.39 is 12.0 Å². The van der Waals surface area contributed by atoms with E-state index in [0.717, 1.165) is 10.6 Å². The van der Waals surface area contributed by atoms with Crippen LogP contribution in [0.2, 0.25) is 0 Å². The second kappa shape index (κ2) is 7.39. The third kappa shape index (κ3) is 4.88. The fourth-order valence-corrected chi connectivity index (χ4v) is 2.41. The first-order chi connectivity index (χ1) is 10.1. The molecule has 0 atom stereocenters. The van der Waals surface area contributed by atoms with Gasteiger partial charge >= 0.3 is 12.0 Å². The monoisotopic (exact) mass is 305 g/mol. The number of aromatic nitrogens is 1. The molecule has 1 heterocycles. The van der Waals surface area contributed by atoms with Crippen molar-refractivity contribution in [1.82, 2.24) is 10.3 Å². The van der Waals surface area contributed by atoms with Crippen molar-refractivity contribution in [3.8, 4) is 10.6 Å². The summed E-state index contributed by atoms with van der Waals surface area (Å²) in [5, 5.41) is 5.07. The zero-order chi connectivity index (χ0) is 15.1. The summed E-state index contributed by atoms with van der Waals surface area (Å²) < 4.78 is 5.07. The third-order valence-corrected chi connectivity index (χ3v) is 3.52. The standard InChI is InChI=1S/C14H15N3O3S/c15-14(19)16-7-6-12(18)20-8-11-9-21-13(17-11)10-4-2-1-3-5-10/h1-5,9H,6-8H2,(H3,15,16,19). The van der Waals surface area contributed by atoms with E-state index in [0.29, 0.717) is 5.69 Å². The number of primary amides is 1. The first-order valence-electron chi connectivity index (χ1n) is 6.34. The quantitative estimate of drug-likeness (QED) is 0.797. The van der Waals surface area contributed by atoms with Crippen LogP contribution in [0.15, 0.2) is 35.7 Å². The Kier molecular flexibility index (Phi) is 5.28. The molecular weight excluding hydrogens is 290 g/mol. The molecule has 0 fully saturated rings. The number of nitrogens with zero attached hydrogens (tertiary/aromatic N) is 1. The van der Waals surface area contributed by atoms with Gasteiger partial charge in [0.05, 0.1) is 12.1 Å². The van der Waals surface area contributed by atoms with Crippen molar-refractivity contribution >= 4 is 23.3 Å². The van der Waals surface area contributed by atoms with Crippen LogP contribution in [0.4, 0.5) is 4.79 Å². The molecular formula is C14H15N3O3S. The zero-order valence-corrected chi connectivity index (χ0v) is 12.1. The summed E-state index contributed by atoms with van der Waals surface area (Å²) in [7, 11) is 0. The molecule has 2 aromatic rings. The van der Waals surface area contributed by atoms with E-state index in [-0.39, 0.29) is 19.6 Å². The second-order valence-corrected chi connectivity index (χ2v) is 5.07. The normalized spacial score (nSPS) is 10.1. The smallest absolute Gasteiger partial charge is 0.312 e. The molecule has 7 heteroatoms. The Hall–Kier alpha value is -2.41. The molecule has 0 aliphatic carbocycles. The zero-order valence-electron chi connectivity index (χ0n) is 11.2. The van der Waals surface area contributed by atoms with Crippen molar-refractivity contribution < 1.29 is 14.3 Å². The molecule has 110 valence electrons. The Labute approximate surface area is 125 Å². The first-order valence-corrected chi connectivity index (χ1v) is 7.22. The Morgan fingerprint density at radius 1 is 1.29 bits per heavy atom. The highest BCUT2D eigenvalue weighted by atomic mass is 32.1. The molecule has 0 aliphatic rings. The topological polar surface area (TPSA) is 94.3 Å². The van der Waals surface area contributed by atoms with E-state index in [1.54, 1.807) is 0 Å². The number of esters is 1. The van der Waals surface area contributed by atoms with Crippen LogP contribution in [0.5, 0.6) is 0 Å². The van der Waals surface area contributed by atoms with E-state index in [2.05, 4.69) is 10.3 Å².